The van der Waals surface area contributed by atoms with Crippen LogP contribution in [0.25, 0.3) is 0 Å². The van der Waals surface area contributed by atoms with Gasteiger partial charge in [-0.1, -0.05) is 43.7 Å². The Morgan fingerprint density at radius 2 is 1.88 bits per heavy atom. The summed E-state index contributed by atoms with van der Waals surface area (Å²) in [5, 5.41) is 6.87. The van der Waals surface area contributed by atoms with Gasteiger partial charge in [-0.15, -0.1) is 24.0 Å². The molecule has 0 bridgehead atoms. The molecular formula is C25H39IN6. The van der Waals surface area contributed by atoms with Crippen LogP contribution in [0, 0.1) is 6.92 Å². The Balaban J connectivity index is 0.00000363. The van der Waals surface area contributed by atoms with Gasteiger partial charge in [0.2, 0.25) is 0 Å². The first-order chi connectivity index (χ1) is 15.1. The van der Waals surface area contributed by atoms with Crippen LogP contribution in [0.15, 0.2) is 47.6 Å². The van der Waals surface area contributed by atoms with Gasteiger partial charge >= 0.3 is 0 Å². The van der Waals surface area contributed by atoms with E-state index in [0.717, 1.165) is 57.6 Å². The normalized spacial score (nSPS) is 15.8. The minimum absolute atomic E-state index is 0. The Bertz CT molecular complexity index is 848. The van der Waals surface area contributed by atoms with Crippen LogP contribution in [-0.2, 0) is 6.54 Å². The number of aliphatic imine (C=N–C) groups is 1. The molecule has 0 aliphatic carbocycles. The lowest BCUT2D eigenvalue weighted by atomic mass is 9.99. The molecule has 7 heteroatoms. The van der Waals surface area contributed by atoms with E-state index in [0.29, 0.717) is 12.5 Å². The minimum Gasteiger partial charge on any atom is -0.357 e. The molecule has 32 heavy (non-hydrogen) atoms. The number of aromatic nitrogens is 1. The molecule has 3 rings (SSSR count). The number of halogens is 1. The first-order valence-corrected chi connectivity index (χ1v) is 11.6. The SMILES string of the molecule is CCNC(=NCc1ccnc(N2CCN(CC)CC2)c1)NCC(C)c1cccc(C)c1.I. The molecule has 1 aliphatic heterocycles. The molecule has 2 N–H and O–H groups in total. The maximum absolute atomic E-state index is 4.82. The third-order valence-electron chi connectivity index (χ3n) is 5.90. The Morgan fingerprint density at radius 3 is 2.56 bits per heavy atom. The van der Waals surface area contributed by atoms with E-state index in [2.05, 4.69) is 89.5 Å². The van der Waals surface area contributed by atoms with Gasteiger partial charge in [-0.05, 0) is 49.6 Å². The van der Waals surface area contributed by atoms with Crippen LogP contribution in [0.5, 0.6) is 0 Å². The molecule has 0 saturated carbocycles. The zero-order chi connectivity index (χ0) is 22.1. The quantitative estimate of drug-likeness (QED) is 0.296. The lowest BCUT2D eigenvalue weighted by Crippen LogP contribution is -2.46. The summed E-state index contributed by atoms with van der Waals surface area (Å²) in [4.78, 5) is 14.3. The van der Waals surface area contributed by atoms with Gasteiger partial charge in [0.1, 0.15) is 5.82 Å². The molecule has 2 aromatic rings. The first kappa shape index (κ1) is 26.4. The van der Waals surface area contributed by atoms with Gasteiger partial charge in [-0.2, -0.15) is 0 Å². The van der Waals surface area contributed by atoms with Crippen molar-refractivity contribution in [3.05, 3.63) is 59.3 Å². The molecule has 176 valence electrons. The predicted molar refractivity (Wildman–Crippen MR) is 146 cm³/mol. The number of nitrogens with zero attached hydrogens (tertiary/aromatic N) is 4. The van der Waals surface area contributed by atoms with Crippen molar-refractivity contribution in [3.63, 3.8) is 0 Å². The van der Waals surface area contributed by atoms with Crippen molar-refractivity contribution in [3.8, 4) is 0 Å². The van der Waals surface area contributed by atoms with Gasteiger partial charge in [0, 0.05) is 45.5 Å². The van der Waals surface area contributed by atoms with E-state index in [1.807, 2.05) is 6.20 Å². The van der Waals surface area contributed by atoms with Crippen LogP contribution in [0.4, 0.5) is 5.82 Å². The monoisotopic (exact) mass is 550 g/mol. The molecule has 6 nitrogen and oxygen atoms in total. The Kier molecular flexibility index (Phi) is 11.2. The number of piperazine rings is 1. The zero-order valence-electron chi connectivity index (χ0n) is 20.0. The summed E-state index contributed by atoms with van der Waals surface area (Å²) in [6.45, 7) is 16.4. The second kappa shape index (κ2) is 13.6. The molecule has 1 aromatic carbocycles. The predicted octanol–water partition coefficient (Wildman–Crippen LogP) is 4.01. The summed E-state index contributed by atoms with van der Waals surface area (Å²) >= 11 is 0. The van der Waals surface area contributed by atoms with Crippen molar-refractivity contribution in [2.45, 2.75) is 40.2 Å². The number of benzene rings is 1. The highest BCUT2D eigenvalue weighted by Gasteiger charge is 2.16. The second-order valence-electron chi connectivity index (χ2n) is 8.33. The van der Waals surface area contributed by atoms with Crippen molar-refractivity contribution in [2.24, 2.45) is 4.99 Å². The number of guanidine groups is 1. The molecule has 1 aliphatic rings. The molecular weight excluding hydrogens is 511 g/mol. The number of nitrogens with one attached hydrogen (secondary N) is 2. The van der Waals surface area contributed by atoms with Crippen LogP contribution < -0.4 is 15.5 Å². The van der Waals surface area contributed by atoms with Crippen LogP contribution in [0.3, 0.4) is 0 Å². The molecule has 0 spiro atoms. The molecule has 1 saturated heterocycles. The molecule has 0 amide bonds. The first-order valence-electron chi connectivity index (χ1n) is 11.6. The Hall–Kier alpha value is -1.87. The standard InChI is InChI=1S/C25H38N6.HI/c1-5-26-25(28-18-21(4)23-9-7-8-20(3)16-23)29-19-22-10-11-27-24(17-22)31-14-12-30(6-2)13-15-31;/h7-11,16-17,21H,5-6,12-15,18-19H2,1-4H3,(H2,26,28,29);1H. The lowest BCUT2D eigenvalue weighted by Gasteiger charge is -2.34. The van der Waals surface area contributed by atoms with Crippen molar-refractivity contribution in [1.29, 1.82) is 0 Å². The summed E-state index contributed by atoms with van der Waals surface area (Å²) in [5.41, 5.74) is 3.84. The van der Waals surface area contributed by atoms with Gasteiger partial charge < -0.3 is 20.4 Å². The number of likely N-dealkylation sites (N-methyl/N-ethyl adjacent to an activating group) is 1. The number of rotatable bonds is 8. The van der Waals surface area contributed by atoms with Gasteiger partial charge in [-0.25, -0.2) is 9.98 Å². The maximum Gasteiger partial charge on any atom is 0.191 e. The number of aryl methyl sites for hydroxylation is 1. The van der Waals surface area contributed by atoms with E-state index in [1.165, 1.54) is 16.7 Å². The Labute approximate surface area is 210 Å². The summed E-state index contributed by atoms with van der Waals surface area (Å²) in [5.74, 6) is 2.34. The second-order valence-corrected chi connectivity index (χ2v) is 8.33. The number of hydrogen-bond acceptors (Lipinski definition) is 4. The topological polar surface area (TPSA) is 55.8 Å². The highest BCUT2D eigenvalue weighted by atomic mass is 127. The average molecular weight is 551 g/mol. The van der Waals surface area contributed by atoms with E-state index < -0.39 is 0 Å². The van der Waals surface area contributed by atoms with Gasteiger partial charge in [0.15, 0.2) is 5.96 Å². The van der Waals surface area contributed by atoms with E-state index in [9.17, 15) is 0 Å². The van der Waals surface area contributed by atoms with Crippen molar-refractivity contribution in [2.75, 3.05) is 50.7 Å². The average Bonchev–Trinajstić information content (AvgIpc) is 2.81. The van der Waals surface area contributed by atoms with Crippen molar-refractivity contribution < 1.29 is 0 Å². The zero-order valence-corrected chi connectivity index (χ0v) is 22.3. The molecule has 0 radical (unpaired) electrons. The van der Waals surface area contributed by atoms with Crippen LogP contribution in [0.1, 0.15) is 43.4 Å². The highest BCUT2D eigenvalue weighted by molar-refractivity contribution is 14.0. The number of hydrogen-bond donors (Lipinski definition) is 2. The molecule has 1 aromatic heterocycles. The van der Waals surface area contributed by atoms with Crippen molar-refractivity contribution >= 4 is 35.8 Å². The summed E-state index contributed by atoms with van der Waals surface area (Å²) in [6.07, 6.45) is 1.91. The summed E-state index contributed by atoms with van der Waals surface area (Å²) in [6, 6.07) is 13.0. The third-order valence-corrected chi connectivity index (χ3v) is 5.90. The molecule has 1 fully saturated rings. The summed E-state index contributed by atoms with van der Waals surface area (Å²) in [7, 11) is 0. The van der Waals surface area contributed by atoms with Gasteiger partial charge in [0.25, 0.3) is 0 Å². The van der Waals surface area contributed by atoms with Crippen molar-refractivity contribution in [1.82, 2.24) is 20.5 Å². The van der Waals surface area contributed by atoms with E-state index in [4.69, 9.17) is 4.99 Å². The fraction of sp³-hybridized carbons (Fsp3) is 0.520. The van der Waals surface area contributed by atoms with E-state index in [-0.39, 0.29) is 24.0 Å². The lowest BCUT2D eigenvalue weighted by molar-refractivity contribution is 0.270. The van der Waals surface area contributed by atoms with Gasteiger partial charge in [-0.3, -0.25) is 0 Å². The molecule has 2 heterocycles. The maximum atomic E-state index is 4.82. The van der Waals surface area contributed by atoms with Crippen LogP contribution in [-0.4, -0.2) is 61.7 Å². The molecule has 1 atom stereocenters. The smallest absolute Gasteiger partial charge is 0.191 e. The number of anilines is 1. The third kappa shape index (κ3) is 7.92. The molecule has 1 unspecified atom stereocenters. The highest BCUT2D eigenvalue weighted by Crippen LogP contribution is 2.17. The minimum atomic E-state index is 0. The number of pyridine rings is 1. The summed E-state index contributed by atoms with van der Waals surface area (Å²) < 4.78 is 0. The van der Waals surface area contributed by atoms with E-state index in [1.54, 1.807) is 0 Å². The Morgan fingerprint density at radius 1 is 1.09 bits per heavy atom. The fourth-order valence-electron chi connectivity index (χ4n) is 3.88. The van der Waals surface area contributed by atoms with Crippen LogP contribution >= 0.6 is 24.0 Å². The van der Waals surface area contributed by atoms with Crippen LogP contribution in [0.2, 0.25) is 0 Å². The van der Waals surface area contributed by atoms with Gasteiger partial charge in [0.05, 0.1) is 6.54 Å². The van der Waals surface area contributed by atoms with E-state index >= 15 is 0 Å². The largest absolute Gasteiger partial charge is 0.357 e. The fourth-order valence-corrected chi connectivity index (χ4v) is 3.88.